The van der Waals surface area contributed by atoms with Crippen LogP contribution in [0.1, 0.15) is 108 Å². The van der Waals surface area contributed by atoms with Gasteiger partial charge in [-0.05, 0) is 53.9 Å². The Morgan fingerprint density at radius 2 is 0.877 bits per heavy atom. The molecule has 12 heteroatoms. The van der Waals surface area contributed by atoms with Crippen molar-refractivity contribution in [2.75, 3.05) is 35.0 Å². The van der Waals surface area contributed by atoms with E-state index in [9.17, 15) is 19.2 Å². The fraction of sp³-hybridized carbons (Fsp3) is 0.378. The standard InChI is InChI=1S/C16H16O3.C16H14O3.C3H6O2.C2H6O.4C2H6.I2.HI/c1-12(17)19-16-9-5-14(6-10-16)11-13-3-7-15(18-2)8-4-13;17-15(13-7-3-1-4-8-13)11-12-19-16(18)14-9-5-2-6-10-14;1-3(4)5-2;1-3-2;5*1-2;/h3-10H,11H2,1-2H3;1-10H,11-12H2;1-2H3;1-2H3;4*1-2H3;;1H. The molecule has 0 heterocycles. The summed E-state index contributed by atoms with van der Waals surface area (Å²) in [5.74, 6) is 0.454. The van der Waals surface area contributed by atoms with Crippen molar-refractivity contribution in [2.24, 2.45) is 0 Å². The SMILES string of the molecule is CC.CC.CC.CC.COC.COC(C)=O.COc1ccc(Cc2ccc(OC(C)=O)cc2)cc1.I.II.O=C(CCOC(=O)c1ccccc1)c1ccccc1. The van der Waals surface area contributed by atoms with Crippen LogP contribution in [0.3, 0.4) is 0 Å². The predicted molar refractivity (Wildman–Crippen MR) is 265 cm³/mol. The number of halogens is 3. The molecule has 0 bridgehead atoms. The Bertz CT molecular complexity index is 1400. The van der Waals surface area contributed by atoms with Crippen molar-refractivity contribution in [1.82, 2.24) is 0 Å². The van der Waals surface area contributed by atoms with Gasteiger partial charge in [-0.2, -0.15) is 0 Å². The van der Waals surface area contributed by atoms with Crippen molar-refractivity contribution in [3.05, 3.63) is 131 Å². The second kappa shape index (κ2) is 50.9. The molecule has 9 nitrogen and oxygen atoms in total. The molecule has 0 atom stereocenters. The molecule has 4 aromatic rings. The summed E-state index contributed by atoms with van der Waals surface area (Å²) < 4.78 is 23.5. The molecule has 0 fully saturated rings. The topological polar surface area (TPSA) is 114 Å². The molecule has 0 saturated carbocycles. The van der Waals surface area contributed by atoms with Crippen LogP contribution in [0.4, 0.5) is 0 Å². The minimum absolute atomic E-state index is 0. The number of methoxy groups -OCH3 is 3. The maximum atomic E-state index is 11.8. The van der Waals surface area contributed by atoms with Gasteiger partial charge >= 0.3 is 17.9 Å². The number of benzene rings is 4. The molecule has 0 aliphatic carbocycles. The highest BCUT2D eigenvalue weighted by molar-refractivity contribution is 15.0. The van der Waals surface area contributed by atoms with Crippen LogP contribution in [0.2, 0.25) is 0 Å². The van der Waals surface area contributed by atoms with Crippen LogP contribution in [-0.4, -0.2) is 58.7 Å². The summed E-state index contributed by atoms with van der Waals surface area (Å²) in [5.41, 5.74) is 3.51. The molecule has 0 aromatic heterocycles. The lowest BCUT2D eigenvalue weighted by atomic mass is 10.0. The molecule has 0 amide bonds. The Kier molecular flexibility index (Phi) is 58.7. The van der Waals surface area contributed by atoms with Gasteiger partial charge in [-0.1, -0.05) is 128 Å². The highest BCUT2D eigenvalue weighted by Gasteiger charge is 2.09. The number of esters is 3. The summed E-state index contributed by atoms with van der Waals surface area (Å²) in [4.78, 5) is 43.8. The van der Waals surface area contributed by atoms with E-state index < -0.39 is 5.97 Å². The molecule has 0 spiro atoms. The van der Waals surface area contributed by atoms with E-state index in [0.29, 0.717) is 16.9 Å². The Morgan fingerprint density at radius 3 is 1.21 bits per heavy atom. The first kappa shape index (κ1) is 65.7. The van der Waals surface area contributed by atoms with Crippen molar-refractivity contribution in [3.63, 3.8) is 0 Å². The van der Waals surface area contributed by atoms with Gasteiger partial charge in [0, 0.05) is 77.3 Å². The minimum Gasteiger partial charge on any atom is -0.497 e. The van der Waals surface area contributed by atoms with Crippen LogP contribution in [0, 0.1) is 0 Å². The average molecular weight is 1130 g/mol. The van der Waals surface area contributed by atoms with Crippen molar-refractivity contribution < 1.29 is 42.9 Å². The molecule has 0 unspecified atom stereocenters. The first-order valence-electron chi connectivity index (χ1n) is 18.4. The van der Waals surface area contributed by atoms with Crippen molar-refractivity contribution in [2.45, 2.75) is 82.1 Å². The fourth-order valence-electron chi connectivity index (χ4n) is 3.48. The monoisotopic (exact) mass is 1130 g/mol. The fourth-order valence-corrected chi connectivity index (χ4v) is 3.48. The van der Waals surface area contributed by atoms with Crippen molar-refractivity contribution in [3.8, 4) is 11.5 Å². The Labute approximate surface area is 384 Å². The summed E-state index contributed by atoms with van der Waals surface area (Å²) in [6.45, 7) is 18.9. The predicted octanol–water partition coefficient (Wildman–Crippen LogP) is 13.3. The molecule has 4 aromatic carbocycles. The molecule has 322 valence electrons. The van der Waals surface area contributed by atoms with Gasteiger partial charge in [0.05, 0.1) is 26.4 Å². The number of hydrogen-bond donors (Lipinski definition) is 0. The lowest BCUT2D eigenvalue weighted by Crippen LogP contribution is -2.10. The van der Waals surface area contributed by atoms with Gasteiger partial charge in [0.15, 0.2) is 5.78 Å². The van der Waals surface area contributed by atoms with Gasteiger partial charge in [-0.25, -0.2) is 4.79 Å². The summed E-state index contributed by atoms with van der Waals surface area (Å²) >= 11 is 4.24. The molecule has 0 radical (unpaired) electrons. The molecule has 0 N–H and O–H groups in total. The summed E-state index contributed by atoms with van der Waals surface area (Å²) in [6.07, 6.45) is 1.03. The van der Waals surface area contributed by atoms with E-state index >= 15 is 0 Å². The van der Waals surface area contributed by atoms with Gasteiger partial charge in [-0.15, -0.1) is 24.0 Å². The van der Waals surface area contributed by atoms with E-state index in [2.05, 4.69) is 46.7 Å². The highest BCUT2D eigenvalue weighted by Crippen LogP contribution is 2.17. The Balaban J connectivity index is -0.000000160. The lowest BCUT2D eigenvalue weighted by Gasteiger charge is -2.05. The zero-order valence-corrected chi connectivity index (χ0v) is 43.0. The van der Waals surface area contributed by atoms with Crippen LogP contribution in [0.5, 0.6) is 11.5 Å². The van der Waals surface area contributed by atoms with Gasteiger partial charge in [0.25, 0.3) is 0 Å². The molecule has 4 rings (SSSR count). The number of hydrogen-bond acceptors (Lipinski definition) is 9. The quantitative estimate of drug-likeness (QED) is 0.0699. The third-order valence-corrected chi connectivity index (χ3v) is 5.71. The van der Waals surface area contributed by atoms with E-state index in [0.717, 1.165) is 12.2 Å². The third-order valence-electron chi connectivity index (χ3n) is 5.71. The van der Waals surface area contributed by atoms with Crippen molar-refractivity contribution >= 4 is 84.9 Å². The van der Waals surface area contributed by atoms with Gasteiger partial charge in [0.1, 0.15) is 11.5 Å². The third kappa shape index (κ3) is 39.5. The molecular weight excluding hydrogens is 1070 g/mol. The van der Waals surface area contributed by atoms with E-state index in [4.69, 9.17) is 14.2 Å². The molecular formula is C45H67I3O9. The zero-order chi connectivity index (χ0) is 44.2. The average Bonchev–Trinajstić information content (AvgIpc) is 3.26. The van der Waals surface area contributed by atoms with E-state index in [1.54, 1.807) is 69.9 Å². The molecule has 0 aliphatic heterocycles. The highest BCUT2D eigenvalue weighted by atomic mass is 128. The normalized spacial score (nSPS) is 8.07. The van der Waals surface area contributed by atoms with Gasteiger partial charge in [0.2, 0.25) is 0 Å². The van der Waals surface area contributed by atoms with E-state index in [1.807, 2.05) is 116 Å². The second-order valence-corrected chi connectivity index (χ2v) is 9.41. The maximum absolute atomic E-state index is 11.8. The van der Waals surface area contributed by atoms with Gasteiger partial charge < -0.3 is 23.7 Å². The molecule has 57 heavy (non-hydrogen) atoms. The number of ketones is 1. The number of rotatable bonds is 9. The second-order valence-electron chi connectivity index (χ2n) is 9.41. The van der Waals surface area contributed by atoms with Crippen LogP contribution >= 0.6 is 61.2 Å². The summed E-state index contributed by atoms with van der Waals surface area (Å²) in [6, 6.07) is 33.2. The number of Topliss-reactive ketones (excluding diaryl/α,β-unsaturated/α-hetero) is 1. The smallest absolute Gasteiger partial charge is 0.338 e. The summed E-state index contributed by atoms with van der Waals surface area (Å²) in [5, 5.41) is 0. The molecule has 0 aliphatic rings. The first-order chi connectivity index (χ1) is 27.1. The van der Waals surface area contributed by atoms with Crippen LogP contribution in [-0.2, 0) is 30.2 Å². The van der Waals surface area contributed by atoms with Crippen molar-refractivity contribution in [1.29, 1.82) is 0 Å². The molecule has 0 saturated heterocycles. The van der Waals surface area contributed by atoms with Crippen LogP contribution in [0.25, 0.3) is 0 Å². The summed E-state index contributed by atoms with van der Waals surface area (Å²) in [7, 11) is 6.26. The largest absolute Gasteiger partial charge is 0.497 e. The van der Waals surface area contributed by atoms with E-state index in [1.165, 1.54) is 32.1 Å². The zero-order valence-electron chi connectivity index (χ0n) is 36.4. The number of carbonyl (C=O) groups excluding carboxylic acids is 4. The van der Waals surface area contributed by atoms with Gasteiger partial charge in [-0.3, -0.25) is 14.4 Å². The number of ether oxygens (including phenoxy) is 5. The Morgan fingerprint density at radius 1 is 0.526 bits per heavy atom. The number of carbonyl (C=O) groups is 4. The lowest BCUT2D eigenvalue weighted by molar-refractivity contribution is -0.138. The maximum Gasteiger partial charge on any atom is 0.338 e. The first-order valence-corrected chi connectivity index (χ1v) is 24.7. The Hall–Kier alpha value is -3.09. The minimum atomic E-state index is -0.401. The van der Waals surface area contributed by atoms with Crippen LogP contribution in [0.15, 0.2) is 109 Å². The van der Waals surface area contributed by atoms with Crippen LogP contribution < -0.4 is 9.47 Å². The van der Waals surface area contributed by atoms with E-state index in [-0.39, 0.29) is 54.7 Å².